The summed E-state index contributed by atoms with van der Waals surface area (Å²) in [7, 11) is 0. The first-order chi connectivity index (χ1) is 11.3. The third-order valence-corrected chi connectivity index (χ3v) is 4.16. The zero-order valence-electron chi connectivity index (χ0n) is 12.6. The van der Waals surface area contributed by atoms with Gasteiger partial charge in [0.1, 0.15) is 11.7 Å². The number of carbonyl (C=O) groups is 1. The number of nitrogens with zero attached hydrogens (tertiary/aromatic N) is 1. The summed E-state index contributed by atoms with van der Waals surface area (Å²) in [6.45, 7) is 1.66. The number of hydrogen-bond donors (Lipinski definition) is 0. The van der Waals surface area contributed by atoms with Crippen molar-refractivity contribution in [2.45, 2.75) is 6.10 Å². The molecule has 4 heteroatoms. The molecule has 23 heavy (non-hydrogen) atoms. The van der Waals surface area contributed by atoms with Gasteiger partial charge in [-0.3, -0.25) is 4.79 Å². The fourth-order valence-corrected chi connectivity index (χ4v) is 2.95. The molecule has 0 spiro atoms. The van der Waals surface area contributed by atoms with Crippen LogP contribution in [0.4, 0.5) is 0 Å². The number of furan rings is 1. The van der Waals surface area contributed by atoms with E-state index in [1.54, 1.807) is 4.90 Å². The van der Waals surface area contributed by atoms with Crippen LogP contribution in [0.2, 0.25) is 0 Å². The topological polar surface area (TPSA) is 42.7 Å². The maximum Gasteiger partial charge on any atom is 0.289 e. The van der Waals surface area contributed by atoms with E-state index in [0.29, 0.717) is 25.5 Å². The molecule has 0 bridgehead atoms. The van der Waals surface area contributed by atoms with Crippen molar-refractivity contribution < 1.29 is 13.9 Å². The van der Waals surface area contributed by atoms with E-state index in [9.17, 15) is 4.79 Å². The van der Waals surface area contributed by atoms with Crippen LogP contribution in [0.15, 0.2) is 65.1 Å². The molecule has 1 fully saturated rings. The minimum Gasteiger partial charge on any atom is -0.451 e. The molecule has 1 saturated heterocycles. The van der Waals surface area contributed by atoms with Crippen molar-refractivity contribution in [3.63, 3.8) is 0 Å². The highest BCUT2D eigenvalue weighted by atomic mass is 16.5. The smallest absolute Gasteiger partial charge is 0.289 e. The van der Waals surface area contributed by atoms with Crippen LogP contribution in [0.25, 0.3) is 11.0 Å². The van der Waals surface area contributed by atoms with Gasteiger partial charge in [-0.2, -0.15) is 0 Å². The molecular formula is C19H17NO3. The second-order valence-electron chi connectivity index (χ2n) is 5.67. The molecule has 4 rings (SSSR count). The third-order valence-electron chi connectivity index (χ3n) is 4.16. The van der Waals surface area contributed by atoms with E-state index in [1.165, 1.54) is 0 Å². The summed E-state index contributed by atoms with van der Waals surface area (Å²) in [6.07, 6.45) is -0.0849. The van der Waals surface area contributed by atoms with E-state index in [2.05, 4.69) is 0 Å². The molecule has 2 heterocycles. The van der Waals surface area contributed by atoms with E-state index < -0.39 is 0 Å². The van der Waals surface area contributed by atoms with Gasteiger partial charge in [0.05, 0.1) is 13.2 Å². The van der Waals surface area contributed by atoms with Crippen molar-refractivity contribution in [2.24, 2.45) is 0 Å². The van der Waals surface area contributed by atoms with Crippen molar-refractivity contribution in [3.05, 3.63) is 72.0 Å². The van der Waals surface area contributed by atoms with Crippen molar-refractivity contribution in [2.75, 3.05) is 19.7 Å². The summed E-state index contributed by atoms with van der Waals surface area (Å²) in [4.78, 5) is 14.5. The van der Waals surface area contributed by atoms with E-state index in [1.807, 2.05) is 60.7 Å². The Bertz CT molecular complexity index is 792. The highest BCUT2D eigenvalue weighted by Crippen LogP contribution is 2.25. The van der Waals surface area contributed by atoms with Gasteiger partial charge in [-0.1, -0.05) is 48.5 Å². The number of hydrogen-bond acceptors (Lipinski definition) is 3. The largest absolute Gasteiger partial charge is 0.451 e. The first-order valence-corrected chi connectivity index (χ1v) is 7.76. The number of fused-ring (bicyclic) bond motifs is 1. The molecule has 3 aromatic rings. The molecule has 0 radical (unpaired) electrons. The first kappa shape index (κ1) is 14.0. The Kier molecular flexibility index (Phi) is 3.60. The Morgan fingerprint density at radius 2 is 1.83 bits per heavy atom. The highest BCUT2D eigenvalue weighted by Gasteiger charge is 2.27. The lowest BCUT2D eigenvalue weighted by molar-refractivity contribution is -0.0237. The van der Waals surface area contributed by atoms with E-state index >= 15 is 0 Å². The van der Waals surface area contributed by atoms with Crippen molar-refractivity contribution in [1.82, 2.24) is 4.90 Å². The van der Waals surface area contributed by atoms with Gasteiger partial charge >= 0.3 is 0 Å². The Morgan fingerprint density at radius 3 is 2.65 bits per heavy atom. The molecule has 1 aliphatic heterocycles. The van der Waals surface area contributed by atoms with Gasteiger partial charge in [-0.05, 0) is 17.7 Å². The minimum atomic E-state index is -0.0849. The molecule has 4 nitrogen and oxygen atoms in total. The third kappa shape index (κ3) is 2.73. The SMILES string of the molecule is O=C(c1cc2ccccc2o1)N1CCO[C@@H](c2ccccc2)C1. The second-order valence-corrected chi connectivity index (χ2v) is 5.67. The summed E-state index contributed by atoms with van der Waals surface area (Å²) in [5, 5.41) is 0.948. The summed E-state index contributed by atoms with van der Waals surface area (Å²) in [6, 6.07) is 19.5. The molecular weight excluding hydrogens is 290 g/mol. The predicted molar refractivity (Wildman–Crippen MR) is 87.3 cm³/mol. The minimum absolute atomic E-state index is 0.0783. The van der Waals surface area contributed by atoms with Crippen LogP contribution < -0.4 is 0 Å². The normalized spacial score (nSPS) is 18.3. The lowest BCUT2D eigenvalue weighted by atomic mass is 10.1. The molecule has 2 aromatic carbocycles. The van der Waals surface area contributed by atoms with Crippen LogP contribution >= 0.6 is 0 Å². The van der Waals surface area contributed by atoms with Crippen LogP contribution in [0.1, 0.15) is 22.2 Å². The summed E-state index contributed by atoms with van der Waals surface area (Å²) >= 11 is 0. The van der Waals surface area contributed by atoms with Crippen molar-refractivity contribution in [3.8, 4) is 0 Å². The maximum absolute atomic E-state index is 12.7. The number of amides is 1. The van der Waals surface area contributed by atoms with Crippen LogP contribution in [0.3, 0.4) is 0 Å². The fraction of sp³-hybridized carbons (Fsp3) is 0.211. The Morgan fingerprint density at radius 1 is 1.04 bits per heavy atom. The summed E-state index contributed by atoms with van der Waals surface area (Å²) in [5.41, 5.74) is 1.83. The number of carbonyl (C=O) groups excluding carboxylic acids is 1. The van der Waals surface area contributed by atoms with Gasteiger partial charge in [0.2, 0.25) is 0 Å². The predicted octanol–water partition coefficient (Wildman–Crippen LogP) is 3.65. The summed E-state index contributed by atoms with van der Waals surface area (Å²) in [5.74, 6) is 0.311. The Balaban J connectivity index is 1.56. The van der Waals surface area contributed by atoms with E-state index in [4.69, 9.17) is 9.15 Å². The number of ether oxygens (including phenoxy) is 1. The molecule has 0 aliphatic carbocycles. The van der Waals surface area contributed by atoms with Gasteiger partial charge in [0, 0.05) is 11.9 Å². The second kappa shape index (κ2) is 5.89. The van der Waals surface area contributed by atoms with Crippen LogP contribution in [-0.4, -0.2) is 30.5 Å². The first-order valence-electron chi connectivity index (χ1n) is 7.76. The molecule has 1 aliphatic rings. The van der Waals surface area contributed by atoms with Gasteiger partial charge < -0.3 is 14.1 Å². The van der Waals surface area contributed by atoms with Crippen LogP contribution in [-0.2, 0) is 4.74 Å². The average Bonchev–Trinajstić information content (AvgIpc) is 3.06. The molecule has 1 aromatic heterocycles. The van der Waals surface area contributed by atoms with Gasteiger partial charge in [-0.15, -0.1) is 0 Å². The number of para-hydroxylation sites is 1. The Labute approximate surface area is 134 Å². The Hall–Kier alpha value is -2.59. The number of morpholine rings is 1. The lowest BCUT2D eigenvalue weighted by Crippen LogP contribution is -2.42. The van der Waals surface area contributed by atoms with Gasteiger partial charge in [0.25, 0.3) is 5.91 Å². The average molecular weight is 307 g/mol. The van der Waals surface area contributed by atoms with Crippen LogP contribution in [0.5, 0.6) is 0 Å². The van der Waals surface area contributed by atoms with Crippen molar-refractivity contribution >= 4 is 16.9 Å². The zero-order chi connectivity index (χ0) is 15.6. The monoisotopic (exact) mass is 307 g/mol. The molecule has 0 N–H and O–H groups in total. The molecule has 116 valence electrons. The highest BCUT2D eigenvalue weighted by molar-refractivity contribution is 5.96. The zero-order valence-corrected chi connectivity index (χ0v) is 12.6. The maximum atomic E-state index is 12.7. The molecule has 0 unspecified atom stereocenters. The van der Waals surface area contributed by atoms with E-state index in [-0.39, 0.29) is 12.0 Å². The number of rotatable bonds is 2. The molecule has 1 amide bonds. The van der Waals surface area contributed by atoms with Crippen LogP contribution in [0, 0.1) is 0 Å². The van der Waals surface area contributed by atoms with Crippen molar-refractivity contribution in [1.29, 1.82) is 0 Å². The molecule has 0 saturated carbocycles. The summed E-state index contributed by atoms with van der Waals surface area (Å²) < 4.78 is 11.5. The standard InChI is InChI=1S/C19H17NO3/c21-19(17-12-15-8-4-5-9-16(15)23-17)20-10-11-22-18(13-20)14-6-2-1-3-7-14/h1-9,12,18H,10-11,13H2/t18-/m1/s1. The quantitative estimate of drug-likeness (QED) is 0.726. The fourth-order valence-electron chi connectivity index (χ4n) is 2.95. The molecule has 1 atom stereocenters. The lowest BCUT2D eigenvalue weighted by Gasteiger charge is -2.32. The van der Waals surface area contributed by atoms with Gasteiger partial charge in [0.15, 0.2) is 5.76 Å². The van der Waals surface area contributed by atoms with E-state index in [0.717, 1.165) is 16.5 Å². The van der Waals surface area contributed by atoms with Gasteiger partial charge in [-0.25, -0.2) is 0 Å². The number of benzene rings is 2.